The molecule has 0 bridgehead atoms. The Hall–Kier alpha value is -2.71. The van der Waals surface area contributed by atoms with E-state index in [1.54, 1.807) is 0 Å². The zero-order chi connectivity index (χ0) is 14.7. The minimum absolute atomic E-state index is 0.0199. The fourth-order valence-corrected chi connectivity index (χ4v) is 1.88. The van der Waals surface area contributed by atoms with Crippen molar-refractivity contribution in [3.63, 3.8) is 0 Å². The van der Waals surface area contributed by atoms with Crippen molar-refractivity contribution in [2.24, 2.45) is 0 Å². The van der Waals surface area contributed by atoms with Crippen molar-refractivity contribution in [2.75, 3.05) is 25.4 Å². The van der Waals surface area contributed by atoms with Crippen LogP contribution in [0.25, 0.3) is 0 Å². The molecule has 20 heavy (non-hydrogen) atoms. The lowest BCUT2D eigenvalue weighted by atomic mass is 10.2. The first-order valence-corrected chi connectivity index (χ1v) is 5.95. The Balaban J connectivity index is 2.25. The summed E-state index contributed by atoms with van der Waals surface area (Å²) in [4.78, 5) is 38.7. The molecule has 1 aromatic rings. The van der Waals surface area contributed by atoms with E-state index in [-0.39, 0.29) is 35.9 Å². The maximum absolute atomic E-state index is 12.3. The van der Waals surface area contributed by atoms with Gasteiger partial charge in [-0.2, -0.15) is 0 Å². The van der Waals surface area contributed by atoms with Crippen molar-refractivity contribution in [1.82, 2.24) is 15.2 Å². The number of carbonyl (C=O) groups excluding carboxylic acids is 2. The van der Waals surface area contributed by atoms with Crippen LogP contribution in [-0.4, -0.2) is 46.3 Å². The Morgan fingerprint density at radius 3 is 2.95 bits per heavy atom. The molecule has 0 atom stereocenters. The molecule has 0 spiro atoms. The number of nitrogens with one attached hydrogen (secondary N) is 1. The largest absolute Gasteiger partial charge is 0.383 e. The molecule has 1 fully saturated rings. The highest BCUT2D eigenvalue weighted by Crippen LogP contribution is 2.19. The fraction of sp³-hybridized carbons (Fsp3) is 0.364. The molecule has 9 nitrogen and oxygen atoms in total. The van der Waals surface area contributed by atoms with Crippen LogP contribution in [0.4, 0.5) is 11.5 Å². The lowest BCUT2D eigenvalue weighted by molar-refractivity contribution is -0.385. The van der Waals surface area contributed by atoms with Crippen LogP contribution in [0.15, 0.2) is 12.3 Å². The number of nitrogen functional groups attached to an aromatic ring is 1. The number of pyridine rings is 1. The molecule has 3 N–H and O–H groups in total. The van der Waals surface area contributed by atoms with Crippen molar-refractivity contribution in [3.8, 4) is 0 Å². The molecule has 2 heterocycles. The molecule has 0 unspecified atom stereocenters. The van der Waals surface area contributed by atoms with Crippen molar-refractivity contribution < 1.29 is 14.5 Å². The first-order valence-electron chi connectivity index (χ1n) is 5.95. The van der Waals surface area contributed by atoms with E-state index in [1.807, 2.05) is 0 Å². The van der Waals surface area contributed by atoms with Crippen molar-refractivity contribution in [2.45, 2.75) is 6.42 Å². The van der Waals surface area contributed by atoms with E-state index < -0.39 is 10.8 Å². The Morgan fingerprint density at radius 1 is 1.50 bits per heavy atom. The van der Waals surface area contributed by atoms with Gasteiger partial charge in [0.05, 0.1) is 10.5 Å². The molecule has 1 saturated heterocycles. The average Bonchev–Trinajstić information content (AvgIpc) is 2.63. The van der Waals surface area contributed by atoms with Crippen molar-refractivity contribution in [1.29, 1.82) is 0 Å². The van der Waals surface area contributed by atoms with Crippen LogP contribution in [0.1, 0.15) is 16.8 Å². The van der Waals surface area contributed by atoms with E-state index in [4.69, 9.17) is 5.73 Å². The molecule has 0 aromatic carbocycles. The SMILES string of the molecule is Nc1ncc([N+](=O)[O-])cc1C(=O)N1CCNC(=O)CC1. The molecule has 106 valence electrons. The number of anilines is 1. The standard InChI is InChI=1S/C11H13N5O4/c12-10-8(5-7(6-14-10)16(19)20)11(18)15-3-1-9(17)13-2-4-15/h5-6H,1-4H2,(H2,12,14)(H,13,17). The molecule has 0 radical (unpaired) electrons. The maximum atomic E-state index is 12.3. The van der Waals surface area contributed by atoms with E-state index in [0.717, 1.165) is 12.3 Å². The molecule has 1 aromatic heterocycles. The fourth-order valence-electron chi connectivity index (χ4n) is 1.88. The summed E-state index contributed by atoms with van der Waals surface area (Å²) in [6.07, 6.45) is 1.19. The predicted octanol–water partition coefficient (Wildman–Crippen LogP) is -0.466. The normalized spacial score (nSPS) is 15.4. The van der Waals surface area contributed by atoms with Gasteiger partial charge in [0.2, 0.25) is 5.91 Å². The number of hydrogen-bond acceptors (Lipinski definition) is 6. The summed E-state index contributed by atoms with van der Waals surface area (Å²) in [7, 11) is 0. The highest BCUT2D eigenvalue weighted by Gasteiger charge is 2.23. The Kier molecular flexibility index (Phi) is 3.78. The molecule has 2 rings (SSSR count). The van der Waals surface area contributed by atoms with E-state index in [2.05, 4.69) is 10.3 Å². The quantitative estimate of drug-likeness (QED) is 0.556. The summed E-state index contributed by atoms with van der Waals surface area (Å²) in [5.74, 6) is -0.662. The molecule has 1 aliphatic heterocycles. The molecule has 2 amide bonds. The second kappa shape index (κ2) is 5.51. The zero-order valence-corrected chi connectivity index (χ0v) is 10.5. The number of aromatic nitrogens is 1. The number of carbonyl (C=O) groups is 2. The number of rotatable bonds is 2. The first kappa shape index (κ1) is 13.7. The third kappa shape index (κ3) is 2.82. The summed E-state index contributed by atoms with van der Waals surface area (Å²) in [5.41, 5.74) is 5.28. The van der Waals surface area contributed by atoms with E-state index in [9.17, 15) is 19.7 Å². The summed E-state index contributed by atoms with van der Waals surface area (Å²) in [5, 5.41) is 13.3. The molecule has 1 aliphatic rings. The second-order valence-corrected chi connectivity index (χ2v) is 4.28. The highest BCUT2D eigenvalue weighted by atomic mass is 16.6. The number of nitro groups is 1. The van der Waals surface area contributed by atoms with E-state index in [0.29, 0.717) is 13.1 Å². The number of nitrogens with zero attached hydrogens (tertiary/aromatic N) is 3. The summed E-state index contributed by atoms with van der Waals surface area (Å²) in [6, 6.07) is 1.10. The maximum Gasteiger partial charge on any atom is 0.288 e. The van der Waals surface area contributed by atoms with Crippen molar-refractivity contribution in [3.05, 3.63) is 27.9 Å². The third-order valence-electron chi connectivity index (χ3n) is 2.95. The lowest BCUT2D eigenvalue weighted by Gasteiger charge is -2.19. The highest BCUT2D eigenvalue weighted by molar-refractivity contribution is 5.99. The van der Waals surface area contributed by atoms with Gasteiger partial charge in [0, 0.05) is 32.1 Å². The summed E-state index contributed by atoms with van der Waals surface area (Å²) < 4.78 is 0. The van der Waals surface area contributed by atoms with Gasteiger partial charge >= 0.3 is 0 Å². The van der Waals surface area contributed by atoms with Crippen LogP contribution in [0.2, 0.25) is 0 Å². The van der Waals surface area contributed by atoms with Gasteiger partial charge in [0.25, 0.3) is 11.6 Å². The van der Waals surface area contributed by atoms with Gasteiger partial charge in [-0.05, 0) is 0 Å². The van der Waals surface area contributed by atoms with Crippen LogP contribution in [-0.2, 0) is 4.79 Å². The molecule has 9 heteroatoms. The molecular weight excluding hydrogens is 266 g/mol. The number of amides is 2. The van der Waals surface area contributed by atoms with Crippen LogP contribution in [0, 0.1) is 10.1 Å². The Morgan fingerprint density at radius 2 is 2.25 bits per heavy atom. The van der Waals surface area contributed by atoms with Gasteiger partial charge in [-0.1, -0.05) is 0 Å². The van der Waals surface area contributed by atoms with Crippen LogP contribution in [0.3, 0.4) is 0 Å². The minimum Gasteiger partial charge on any atom is -0.383 e. The second-order valence-electron chi connectivity index (χ2n) is 4.28. The predicted molar refractivity (Wildman–Crippen MR) is 68.8 cm³/mol. The monoisotopic (exact) mass is 279 g/mol. The smallest absolute Gasteiger partial charge is 0.288 e. The van der Waals surface area contributed by atoms with Gasteiger partial charge in [-0.15, -0.1) is 0 Å². The van der Waals surface area contributed by atoms with E-state index in [1.165, 1.54) is 4.90 Å². The van der Waals surface area contributed by atoms with E-state index >= 15 is 0 Å². The molecule has 0 aliphatic carbocycles. The minimum atomic E-state index is -0.642. The zero-order valence-electron chi connectivity index (χ0n) is 10.5. The lowest BCUT2D eigenvalue weighted by Crippen LogP contribution is -2.34. The Labute approximate surface area is 113 Å². The number of nitrogens with two attached hydrogens (primary N) is 1. The van der Waals surface area contributed by atoms with Crippen LogP contribution >= 0.6 is 0 Å². The van der Waals surface area contributed by atoms with Gasteiger partial charge in [0.1, 0.15) is 12.0 Å². The Bertz CT molecular complexity index is 574. The average molecular weight is 279 g/mol. The van der Waals surface area contributed by atoms with Gasteiger partial charge < -0.3 is 16.0 Å². The molecule has 0 saturated carbocycles. The van der Waals surface area contributed by atoms with Gasteiger partial charge in [0.15, 0.2) is 0 Å². The topological polar surface area (TPSA) is 131 Å². The van der Waals surface area contributed by atoms with Gasteiger partial charge in [-0.3, -0.25) is 19.7 Å². The van der Waals surface area contributed by atoms with Crippen LogP contribution < -0.4 is 11.1 Å². The van der Waals surface area contributed by atoms with Gasteiger partial charge in [-0.25, -0.2) is 4.98 Å². The van der Waals surface area contributed by atoms with Crippen molar-refractivity contribution >= 4 is 23.3 Å². The summed E-state index contributed by atoms with van der Waals surface area (Å²) in [6.45, 7) is 0.909. The number of hydrogen-bond donors (Lipinski definition) is 2. The van der Waals surface area contributed by atoms with Crippen LogP contribution in [0.5, 0.6) is 0 Å². The third-order valence-corrected chi connectivity index (χ3v) is 2.95. The summed E-state index contributed by atoms with van der Waals surface area (Å²) >= 11 is 0. The first-order chi connectivity index (χ1) is 9.49. The molecular formula is C11H13N5O4.